The standard InChI is InChI=1S/C18H15N3O2/c1-12-16(22)20(11-13-7-3-2-4-8-13)18-19-14-9-5-6-10-15(14)21(18)17(12)23/h2-10,22H,11H2,1H3. The minimum Gasteiger partial charge on any atom is -0.494 e. The summed E-state index contributed by atoms with van der Waals surface area (Å²) in [4.78, 5) is 17.1. The molecule has 0 fully saturated rings. The van der Waals surface area contributed by atoms with Crippen molar-refractivity contribution in [3.63, 3.8) is 0 Å². The molecular formula is C18H15N3O2. The monoisotopic (exact) mass is 305 g/mol. The first-order valence-electron chi connectivity index (χ1n) is 7.40. The van der Waals surface area contributed by atoms with Crippen molar-refractivity contribution in [1.29, 1.82) is 0 Å². The highest BCUT2D eigenvalue weighted by Gasteiger charge is 2.17. The highest BCUT2D eigenvalue weighted by molar-refractivity contribution is 5.79. The van der Waals surface area contributed by atoms with Crippen LogP contribution in [-0.2, 0) is 6.54 Å². The van der Waals surface area contributed by atoms with Crippen molar-refractivity contribution in [1.82, 2.24) is 14.0 Å². The molecule has 0 saturated carbocycles. The number of benzene rings is 2. The molecule has 0 bridgehead atoms. The lowest BCUT2D eigenvalue weighted by atomic mass is 10.2. The largest absolute Gasteiger partial charge is 0.494 e. The molecule has 0 aliphatic carbocycles. The summed E-state index contributed by atoms with van der Waals surface area (Å²) in [5.41, 5.74) is 2.58. The number of imidazole rings is 1. The Bertz CT molecular complexity index is 1080. The third kappa shape index (κ3) is 2.01. The second kappa shape index (κ2) is 4.98. The Labute approximate surface area is 132 Å². The van der Waals surface area contributed by atoms with Gasteiger partial charge in [0.05, 0.1) is 23.1 Å². The van der Waals surface area contributed by atoms with Crippen LogP contribution in [0.3, 0.4) is 0 Å². The van der Waals surface area contributed by atoms with Crippen LogP contribution in [0.5, 0.6) is 5.88 Å². The number of nitrogens with zero attached hydrogens (tertiary/aromatic N) is 3. The summed E-state index contributed by atoms with van der Waals surface area (Å²) in [6, 6.07) is 17.3. The van der Waals surface area contributed by atoms with E-state index in [4.69, 9.17) is 0 Å². The second-order valence-electron chi connectivity index (χ2n) is 5.56. The Hall–Kier alpha value is -3.08. The van der Waals surface area contributed by atoms with E-state index in [1.807, 2.05) is 54.6 Å². The van der Waals surface area contributed by atoms with Crippen molar-refractivity contribution < 1.29 is 5.11 Å². The Morgan fingerprint density at radius 2 is 1.74 bits per heavy atom. The topological polar surface area (TPSA) is 59.5 Å². The Morgan fingerprint density at radius 3 is 2.52 bits per heavy atom. The van der Waals surface area contributed by atoms with Gasteiger partial charge in [-0.3, -0.25) is 9.36 Å². The molecule has 0 unspecified atom stereocenters. The zero-order valence-corrected chi connectivity index (χ0v) is 12.6. The van der Waals surface area contributed by atoms with E-state index in [0.717, 1.165) is 16.6 Å². The predicted molar refractivity (Wildman–Crippen MR) is 88.9 cm³/mol. The zero-order valence-electron chi connectivity index (χ0n) is 12.6. The summed E-state index contributed by atoms with van der Waals surface area (Å²) in [5.74, 6) is 0.407. The van der Waals surface area contributed by atoms with E-state index >= 15 is 0 Å². The Kier molecular flexibility index (Phi) is 2.94. The van der Waals surface area contributed by atoms with Crippen LogP contribution in [0, 0.1) is 6.92 Å². The first-order chi connectivity index (χ1) is 11.2. The summed E-state index contributed by atoms with van der Waals surface area (Å²) in [6.45, 7) is 2.08. The average Bonchev–Trinajstić information content (AvgIpc) is 2.97. The first-order valence-corrected chi connectivity index (χ1v) is 7.40. The molecule has 0 aliphatic rings. The van der Waals surface area contributed by atoms with Crippen LogP contribution in [0.25, 0.3) is 16.8 Å². The summed E-state index contributed by atoms with van der Waals surface area (Å²) >= 11 is 0. The molecule has 1 N–H and O–H groups in total. The molecule has 2 aromatic heterocycles. The lowest BCUT2D eigenvalue weighted by molar-refractivity contribution is 0.414. The van der Waals surface area contributed by atoms with Crippen LogP contribution in [0.1, 0.15) is 11.1 Å². The number of para-hydroxylation sites is 2. The number of hydrogen-bond donors (Lipinski definition) is 1. The van der Waals surface area contributed by atoms with Crippen LogP contribution in [0.15, 0.2) is 59.4 Å². The number of fused-ring (bicyclic) bond motifs is 3. The van der Waals surface area contributed by atoms with Crippen LogP contribution in [0.2, 0.25) is 0 Å². The molecule has 4 rings (SSSR count). The van der Waals surface area contributed by atoms with Gasteiger partial charge in [-0.15, -0.1) is 0 Å². The summed E-state index contributed by atoms with van der Waals surface area (Å²) in [7, 11) is 0. The minimum atomic E-state index is -0.240. The van der Waals surface area contributed by atoms with Crippen molar-refractivity contribution >= 4 is 16.8 Å². The van der Waals surface area contributed by atoms with Gasteiger partial charge < -0.3 is 5.11 Å². The van der Waals surface area contributed by atoms with Crippen molar-refractivity contribution in [3.8, 4) is 5.88 Å². The molecule has 5 nitrogen and oxygen atoms in total. The summed E-state index contributed by atoms with van der Waals surface area (Å²) < 4.78 is 3.24. The van der Waals surface area contributed by atoms with Gasteiger partial charge in [0.2, 0.25) is 11.7 Å². The van der Waals surface area contributed by atoms with Gasteiger partial charge in [-0.05, 0) is 24.6 Å². The van der Waals surface area contributed by atoms with E-state index in [-0.39, 0.29) is 11.4 Å². The van der Waals surface area contributed by atoms with Crippen LogP contribution < -0.4 is 5.56 Å². The van der Waals surface area contributed by atoms with Crippen LogP contribution in [0.4, 0.5) is 0 Å². The van der Waals surface area contributed by atoms with E-state index in [9.17, 15) is 9.90 Å². The quantitative estimate of drug-likeness (QED) is 0.619. The van der Waals surface area contributed by atoms with E-state index in [1.54, 1.807) is 15.9 Å². The molecule has 0 aliphatic heterocycles. The van der Waals surface area contributed by atoms with Gasteiger partial charge in [-0.25, -0.2) is 9.38 Å². The van der Waals surface area contributed by atoms with Crippen molar-refractivity contribution in [3.05, 3.63) is 76.1 Å². The predicted octanol–water partition coefficient (Wildman–Crippen LogP) is 2.71. The SMILES string of the molecule is Cc1c(O)n(Cc2ccccc2)c2nc3ccccc3n2c1=O. The fourth-order valence-electron chi connectivity index (χ4n) is 2.87. The number of rotatable bonds is 2. The fraction of sp³-hybridized carbons (Fsp3) is 0.111. The molecule has 0 atom stereocenters. The molecule has 114 valence electrons. The van der Waals surface area contributed by atoms with E-state index in [2.05, 4.69) is 4.98 Å². The Balaban J connectivity index is 2.09. The molecule has 5 heteroatoms. The molecule has 0 saturated heterocycles. The van der Waals surface area contributed by atoms with Gasteiger partial charge in [0.15, 0.2) is 0 Å². The normalized spacial score (nSPS) is 11.3. The number of aromatic nitrogens is 3. The van der Waals surface area contributed by atoms with Gasteiger partial charge in [-0.1, -0.05) is 42.5 Å². The smallest absolute Gasteiger partial charge is 0.266 e. The third-order valence-electron chi connectivity index (χ3n) is 4.08. The fourth-order valence-corrected chi connectivity index (χ4v) is 2.87. The molecule has 4 aromatic rings. The van der Waals surface area contributed by atoms with Gasteiger partial charge in [-0.2, -0.15) is 0 Å². The van der Waals surface area contributed by atoms with Gasteiger partial charge in [0, 0.05) is 0 Å². The first kappa shape index (κ1) is 13.6. The van der Waals surface area contributed by atoms with Crippen molar-refractivity contribution in [2.75, 3.05) is 0 Å². The van der Waals surface area contributed by atoms with Crippen LogP contribution >= 0.6 is 0 Å². The highest BCUT2D eigenvalue weighted by atomic mass is 16.3. The lowest BCUT2D eigenvalue weighted by Gasteiger charge is -2.13. The molecule has 0 spiro atoms. The third-order valence-corrected chi connectivity index (χ3v) is 4.08. The van der Waals surface area contributed by atoms with Crippen molar-refractivity contribution in [2.24, 2.45) is 0 Å². The maximum Gasteiger partial charge on any atom is 0.266 e. The summed E-state index contributed by atoms with van der Waals surface area (Å²) in [5, 5.41) is 10.5. The second-order valence-corrected chi connectivity index (χ2v) is 5.56. The molecular weight excluding hydrogens is 290 g/mol. The van der Waals surface area contributed by atoms with E-state index in [1.165, 1.54) is 0 Å². The zero-order chi connectivity index (χ0) is 16.0. The average molecular weight is 305 g/mol. The maximum absolute atomic E-state index is 12.6. The van der Waals surface area contributed by atoms with E-state index in [0.29, 0.717) is 17.9 Å². The molecule has 2 aromatic carbocycles. The van der Waals surface area contributed by atoms with Crippen molar-refractivity contribution in [2.45, 2.75) is 13.5 Å². The molecule has 0 amide bonds. The number of aromatic hydroxyl groups is 1. The van der Waals surface area contributed by atoms with Gasteiger partial charge in [0.1, 0.15) is 0 Å². The minimum absolute atomic E-state index is 0.0401. The summed E-state index contributed by atoms with van der Waals surface area (Å²) in [6.07, 6.45) is 0. The van der Waals surface area contributed by atoms with E-state index < -0.39 is 0 Å². The van der Waals surface area contributed by atoms with Gasteiger partial charge in [0.25, 0.3) is 5.56 Å². The maximum atomic E-state index is 12.6. The highest BCUT2D eigenvalue weighted by Crippen LogP contribution is 2.22. The lowest BCUT2D eigenvalue weighted by Crippen LogP contribution is -2.21. The molecule has 2 heterocycles. The molecule has 23 heavy (non-hydrogen) atoms. The molecule has 0 radical (unpaired) electrons. The number of hydrogen-bond acceptors (Lipinski definition) is 3. The Morgan fingerprint density at radius 1 is 1.04 bits per heavy atom. The van der Waals surface area contributed by atoms with Gasteiger partial charge >= 0.3 is 0 Å². The van der Waals surface area contributed by atoms with Crippen LogP contribution in [-0.4, -0.2) is 19.1 Å².